The van der Waals surface area contributed by atoms with Crippen molar-refractivity contribution in [3.05, 3.63) is 48.5 Å². The van der Waals surface area contributed by atoms with E-state index in [9.17, 15) is 9.59 Å². The number of nitrogens with one attached hydrogen (secondary N) is 1. The van der Waals surface area contributed by atoms with Crippen LogP contribution in [-0.2, 0) is 9.59 Å². The Kier molecular flexibility index (Phi) is 7.80. The molecule has 30 heavy (non-hydrogen) atoms. The van der Waals surface area contributed by atoms with Crippen molar-refractivity contribution in [2.24, 2.45) is 11.8 Å². The lowest BCUT2D eigenvalue weighted by Gasteiger charge is -2.33. The van der Waals surface area contributed by atoms with E-state index in [4.69, 9.17) is 4.74 Å². The maximum Gasteiger partial charge on any atom is 0.229 e. The van der Waals surface area contributed by atoms with Crippen LogP contribution < -0.4 is 10.1 Å². The number of hydrogen-bond acceptors (Lipinski definition) is 4. The average molecular weight is 427 g/mol. The number of carbonyl (C=O) groups excluding carboxylic acids is 2. The summed E-state index contributed by atoms with van der Waals surface area (Å²) in [5, 5.41) is 3.02. The summed E-state index contributed by atoms with van der Waals surface area (Å²) in [5.74, 6) is 0.856. The number of methoxy groups -OCH3 is 1. The average Bonchev–Trinajstić information content (AvgIpc) is 2.80. The highest BCUT2D eigenvalue weighted by Gasteiger charge is 2.29. The maximum absolute atomic E-state index is 12.7. The molecule has 1 fully saturated rings. The number of nitrogens with zero attached hydrogens (tertiary/aromatic N) is 1. The number of benzene rings is 2. The zero-order valence-corrected chi connectivity index (χ0v) is 18.7. The Bertz CT molecular complexity index is 852. The summed E-state index contributed by atoms with van der Waals surface area (Å²) < 4.78 is 5.19. The molecule has 2 aromatic carbocycles. The zero-order valence-electron chi connectivity index (χ0n) is 17.9. The molecule has 1 heterocycles. The van der Waals surface area contributed by atoms with Gasteiger partial charge in [0.15, 0.2) is 0 Å². The van der Waals surface area contributed by atoms with Crippen LogP contribution >= 0.6 is 11.8 Å². The van der Waals surface area contributed by atoms with E-state index in [1.54, 1.807) is 18.9 Å². The van der Waals surface area contributed by atoms with Gasteiger partial charge in [-0.3, -0.25) is 9.59 Å². The number of carbonyl (C=O) groups is 2. The number of likely N-dealkylation sites (tertiary alicyclic amines) is 1. The second kappa shape index (κ2) is 10.5. The van der Waals surface area contributed by atoms with Crippen molar-refractivity contribution >= 4 is 29.3 Å². The normalized spacial score (nSPS) is 17.3. The fraction of sp³-hybridized carbons (Fsp3) is 0.417. The molecular weight excluding hydrogens is 396 g/mol. The van der Waals surface area contributed by atoms with Crippen LogP contribution in [0.15, 0.2) is 58.3 Å². The number of piperidine rings is 1. The van der Waals surface area contributed by atoms with E-state index < -0.39 is 0 Å². The minimum absolute atomic E-state index is 0.00721. The van der Waals surface area contributed by atoms with Crippen molar-refractivity contribution in [3.8, 4) is 5.75 Å². The molecule has 2 amide bonds. The van der Waals surface area contributed by atoms with Crippen LogP contribution in [0.4, 0.5) is 5.69 Å². The summed E-state index contributed by atoms with van der Waals surface area (Å²) in [4.78, 5) is 29.3. The lowest BCUT2D eigenvalue weighted by molar-refractivity contribution is -0.138. The number of anilines is 1. The number of amides is 2. The third-order valence-corrected chi connectivity index (χ3v) is 6.57. The topological polar surface area (TPSA) is 58.6 Å². The molecule has 0 saturated carbocycles. The van der Waals surface area contributed by atoms with E-state index in [1.165, 1.54) is 0 Å². The van der Waals surface area contributed by atoms with Crippen molar-refractivity contribution in [1.29, 1.82) is 0 Å². The second-order valence-corrected chi connectivity index (χ2v) is 8.87. The predicted octanol–water partition coefficient (Wildman–Crippen LogP) is 5.07. The van der Waals surface area contributed by atoms with Crippen LogP contribution in [0.2, 0.25) is 0 Å². The lowest BCUT2D eigenvalue weighted by Crippen LogP contribution is -2.45. The first-order chi connectivity index (χ1) is 14.5. The lowest BCUT2D eigenvalue weighted by atomic mass is 9.95. The highest BCUT2D eigenvalue weighted by Crippen LogP contribution is 2.30. The highest BCUT2D eigenvalue weighted by molar-refractivity contribution is 7.99. The van der Waals surface area contributed by atoms with Gasteiger partial charge in [-0.2, -0.15) is 0 Å². The Morgan fingerprint density at radius 3 is 2.37 bits per heavy atom. The van der Waals surface area contributed by atoms with Crippen LogP contribution in [0.3, 0.4) is 0 Å². The zero-order chi connectivity index (χ0) is 21.5. The molecule has 2 atom stereocenters. The molecule has 0 bridgehead atoms. The molecule has 6 heteroatoms. The first-order valence-electron chi connectivity index (χ1n) is 10.5. The van der Waals surface area contributed by atoms with Crippen molar-refractivity contribution in [2.45, 2.75) is 42.9 Å². The minimum atomic E-state index is -0.153. The molecule has 160 valence electrons. The Labute approximate surface area is 183 Å². The standard InChI is InChI=1S/C24H30N2O3S/c1-4-17(2)24(28)26-15-5-6-18(16-26)23(27)25-19-7-11-21(12-8-19)30-22-13-9-20(29-3)10-14-22/h7-14,17-18H,4-6,15-16H2,1-3H3,(H,25,27). The van der Waals surface area contributed by atoms with E-state index >= 15 is 0 Å². The molecule has 5 nitrogen and oxygen atoms in total. The fourth-order valence-corrected chi connectivity index (χ4v) is 4.32. The Morgan fingerprint density at radius 2 is 1.77 bits per heavy atom. The third-order valence-electron chi connectivity index (χ3n) is 5.55. The molecule has 3 rings (SSSR count). The van der Waals surface area contributed by atoms with Gasteiger partial charge in [-0.05, 0) is 67.8 Å². The summed E-state index contributed by atoms with van der Waals surface area (Å²) in [6, 6.07) is 15.8. The molecule has 0 spiro atoms. The quantitative estimate of drug-likeness (QED) is 0.672. The van der Waals surface area contributed by atoms with Crippen LogP contribution in [0.1, 0.15) is 33.1 Å². The maximum atomic E-state index is 12.7. The molecule has 2 aromatic rings. The minimum Gasteiger partial charge on any atom is -0.497 e. The van der Waals surface area contributed by atoms with Gasteiger partial charge in [-0.1, -0.05) is 25.6 Å². The Balaban J connectivity index is 1.55. The first kappa shape index (κ1) is 22.2. The van der Waals surface area contributed by atoms with Gasteiger partial charge in [0.25, 0.3) is 0 Å². The number of hydrogen-bond donors (Lipinski definition) is 1. The summed E-state index contributed by atoms with van der Waals surface area (Å²) >= 11 is 1.66. The molecule has 0 aliphatic carbocycles. The van der Waals surface area contributed by atoms with Crippen molar-refractivity contribution in [2.75, 3.05) is 25.5 Å². The van der Waals surface area contributed by atoms with Gasteiger partial charge in [0.05, 0.1) is 13.0 Å². The predicted molar refractivity (Wildman–Crippen MR) is 121 cm³/mol. The van der Waals surface area contributed by atoms with E-state index in [-0.39, 0.29) is 23.7 Å². The van der Waals surface area contributed by atoms with Gasteiger partial charge < -0.3 is 15.0 Å². The van der Waals surface area contributed by atoms with Gasteiger partial charge in [-0.15, -0.1) is 0 Å². The van der Waals surface area contributed by atoms with Crippen LogP contribution in [-0.4, -0.2) is 36.9 Å². The van der Waals surface area contributed by atoms with Gasteiger partial charge in [0.2, 0.25) is 11.8 Å². The van der Waals surface area contributed by atoms with Crippen LogP contribution in [0.25, 0.3) is 0 Å². The molecule has 1 aliphatic rings. The van der Waals surface area contributed by atoms with Gasteiger partial charge in [0.1, 0.15) is 5.75 Å². The SMILES string of the molecule is CCC(C)C(=O)N1CCCC(C(=O)Nc2ccc(Sc3ccc(OC)cc3)cc2)C1. The van der Waals surface area contributed by atoms with E-state index in [0.29, 0.717) is 6.54 Å². The van der Waals surface area contributed by atoms with Crippen molar-refractivity contribution in [3.63, 3.8) is 0 Å². The van der Waals surface area contributed by atoms with E-state index in [2.05, 4.69) is 5.32 Å². The molecule has 1 aliphatic heterocycles. The Morgan fingerprint density at radius 1 is 1.13 bits per heavy atom. The summed E-state index contributed by atoms with van der Waals surface area (Å²) in [7, 11) is 1.66. The van der Waals surface area contributed by atoms with Crippen molar-refractivity contribution in [1.82, 2.24) is 4.90 Å². The molecule has 1 N–H and O–H groups in total. The van der Waals surface area contributed by atoms with Gasteiger partial charge in [-0.25, -0.2) is 0 Å². The molecular formula is C24H30N2O3S. The fourth-order valence-electron chi connectivity index (χ4n) is 3.51. The van der Waals surface area contributed by atoms with E-state index in [0.717, 1.165) is 47.0 Å². The second-order valence-electron chi connectivity index (χ2n) is 7.72. The van der Waals surface area contributed by atoms with Gasteiger partial charge in [0, 0.05) is 34.5 Å². The molecule has 2 unspecified atom stereocenters. The monoisotopic (exact) mass is 426 g/mol. The number of rotatable bonds is 7. The molecule has 1 saturated heterocycles. The summed E-state index contributed by atoms with van der Waals surface area (Å²) in [6.45, 7) is 5.25. The molecule has 0 aromatic heterocycles. The summed E-state index contributed by atoms with van der Waals surface area (Å²) in [5.41, 5.74) is 0.782. The first-order valence-corrected chi connectivity index (χ1v) is 11.3. The van der Waals surface area contributed by atoms with Crippen molar-refractivity contribution < 1.29 is 14.3 Å². The highest BCUT2D eigenvalue weighted by atomic mass is 32.2. The third kappa shape index (κ3) is 5.79. The van der Waals surface area contributed by atoms with E-state index in [1.807, 2.05) is 67.3 Å². The number of ether oxygens (including phenoxy) is 1. The Hall–Kier alpha value is -2.47. The van der Waals surface area contributed by atoms with Gasteiger partial charge >= 0.3 is 0 Å². The summed E-state index contributed by atoms with van der Waals surface area (Å²) in [6.07, 6.45) is 2.52. The molecule has 0 radical (unpaired) electrons. The van der Waals surface area contributed by atoms with Crippen LogP contribution in [0.5, 0.6) is 5.75 Å². The van der Waals surface area contributed by atoms with Crippen LogP contribution in [0, 0.1) is 11.8 Å². The smallest absolute Gasteiger partial charge is 0.229 e. The largest absolute Gasteiger partial charge is 0.497 e.